The molecule has 1 N–H and O–H groups in total. The van der Waals surface area contributed by atoms with E-state index in [4.69, 9.17) is 5.11 Å². The molecule has 0 spiro atoms. The molecule has 0 unspecified atom stereocenters. The number of benzene rings is 1. The van der Waals surface area contributed by atoms with Gasteiger partial charge in [-0.2, -0.15) is 0 Å². The van der Waals surface area contributed by atoms with Crippen LogP contribution in [0.1, 0.15) is 91.0 Å². The van der Waals surface area contributed by atoms with Crippen LogP contribution in [0.15, 0.2) is 30.3 Å². The number of hydrogen-bond acceptors (Lipinski definition) is 4. The van der Waals surface area contributed by atoms with Gasteiger partial charge in [-0.15, -0.1) is 0 Å². The number of Topliss-reactive ketones (excluding diaryl/α,β-unsaturated/α-hetero) is 3. The largest absolute Gasteiger partial charge is 0.481 e. The van der Waals surface area contributed by atoms with E-state index in [1.807, 2.05) is 58.0 Å². The Labute approximate surface area is 186 Å². The highest BCUT2D eigenvalue weighted by Crippen LogP contribution is 2.28. The summed E-state index contributed by atoms with van der Waals surface area (Å²) in [7, 11) is 0. The fraction of sp³-hybridized carbons (Fsp3) is 0.615. The summed E-state index contributed by atoms with van der Waals surface area (Å²) in [6, 6.07) is 9.90. The minimum absolute atomic E-state index is 0.0403. The molecule has 5 nitrogen and oxygen atoms in total. The second kappa shape index (κ2) is 12.5. The lowest BCUT2D eigenvalue weighted by molar-refractivity contribution is -0.139. The second-order valence-electron chi connectivity index (χ2n) is 9.96. The van der Waals surface area contributed by atoms with E-state index in [2.05, 4.69) is 0 Å². The number of carbonyl (C=O) groups excluding carboxylic acids is 3. The lowest BCUT2D eigenvalue weighted by Gasteiger charge is -2.23. The molecule has 0 bridgehead atoms. The SMILES string of the molecule is CC(C)(CCC(=O)CCCC(=O)CCC(C)(C)C(=O)CCc1ccccc1)CC(=O)O. The summed E-state index contributed by atoms with van der Waals surface area (Å²) in [6.07, 6.45) is 4.18. The van der Waals surface area contributed by atoms with Gasteiger partial charge >= 0.3 is 5.97 Å². The molecule has 0 saturated heterocycles. The second-order valence-corrected chi connectivity index (χ2v) is 9.96. The Hall–Kier alpha value is -2.30. The van der Waals surface area contributed by atoms with Crippen molar-refractivity contribution in [3.63, 3.8) is 0 Å². The first-order valence-electron chi connectivity index (χ1n) is 11.2. The first-order chi connectivity index (χ1) is 14.4. The topological polar surface area (TPSA) is 88.5 Å². The summed E-state index contributed by atoms with van der Waals surface area (Å²) in [6.45, 7) is 7.49. The maximum Gasteiger partial charge on any atom is 0.303 e. The molecule has 0 radical (unpaired) electrons. The molecule has 5 heteroatoms. The van der Waals surface area contributed by atoms with Crippen LogP contribution in [-0.2, 0) is 25.6 Å². The van der Waals surface area contributed by atoms with Crippen LogP contribution in [0.5, 0.6) is 0 Å². The number of carboxylic acids is 1. The first kappa shape index (κ1) is 26.7. The van der Waals surface area contributed by atoms with Crippen molar-refractivity contribution in [3.05, 3.63) is 35.9 Å². The van der Waals surface area contributed by atoms with Crippen molar-refractivity contribution in [3.8, 4) is 0 Å². The number of rotatable bonds is 16. The fourth-order valence-corrected chi connectivity index (χ4v) is 3.54. The van der Waals surface area contributed by atoms with E-state index in [1.54, 1.807) is 0 Å². The summed E-state index contributed by atoms with van der Waals surface area (Å²) in [4.78, 5) is 47.7. The Kier molecular flexibility index (Phi) is 10.8. The molecule has 0 aliphatic rings. The van der Waals surface area contributed by atoms with Gasteiger partial charge in [0.05, 0.1) is 6.42 Å². The maximum atomic E-state index is 12.6. The summed E-state index contributed by atoms with van der Waals surface area (Å²) < 4.78 is 0. The van der Waals surface area contributed by atoms with Crippen LogP contribution in [0.2, 0.25) is 0 Å². The van der Waals surface area contributed by atoms with Crippen molar-refractivity contribution in [1.82, 2.24) is 0 Å². The third-order valence-electron chi connectivity index (χ3n) is 5.89. The Balaban J connectivity index is 2.27. The fourth-order valence-electron chi connectivity index (χ4n) is 3.54. The number of aryl methyl sites for hydroxylation is 1. The van der Waals surface area contributed by atoms with Gasteiger partial charge < -0.3 is 5.11 Å². The zero-order chi connectivity index (χ0) is 23.5. The predicted molar refractivity (Wildman–Crippen MR) is 122 cm³/mol. The molecule has 1 aromatic rings. The third kappa shape index (κ3) is 11.6. The van der Waals surface area contributed by atoms with E-state index in [0.717, 1.165) is 5.56 Å². The van der Waals surface area contributed by atoms with Crippen LogP contribution in [0.3, 0.4) is 0 Å². The molecule has 0 aliphatic heterocycles. The normalized spacial score (nSPS) is 11.9. The third-order valence-corrected chi connectivity index (χ3v) is 5.89. The number of ketones is 3. The van der Waals surface area contributed by atoms with Crippen LogP contribution < -0.4 is 0 Å². The van der Waals surface area contributed by atoms with Gasteiger partial charge in [0, 0.05) is 37.5 Å². The van der Waals surface area contributed by atoms with Gasteiger partial charge in [-0.3, -0.25) is 19.2 Å². The van der Waals surface area contributed by atoms with Crippen molar-refractivity contribution in [2.75, 3.05) is 0 Å². The zero-order valence-electron chi connectivity index (χ0n) is 19.5. The Morgan fingerprint density at radius 1 is 0.774 bits per heavy atom. The number of carbonyl (C=O) groups is 4. The van der Waals surface area contributed by atoms with Crippen molar-refractivity contribution in [2.24, 2.45) is 10.8 Å². The minimum atomic E-state index is -0.857. The van der Waals surface area contributed by atoms with Gasteiger partial charge in [0.15, 0.2) is 0 Å². The van der Waals surface area contributed by atoms with Crippen LogP contribution in [-0.4, -0.2) is 28.4 Å². The van der Waals surface area contributed by atoms with Crippen molar-refractivity contribution < 1.29 is 24.3 Å². The monoisotopic (exact) mass is 430 g/mol. The Bertz CT molecular complexity index is 746. The van der Waals surface area contributed by atoms with Crippen LogP contribution in [0, 0.1) is 10.8 Å². The number of hydrogen-bond donors (Lipinski definition) is 1. The Morgan fingerprint density at radius 3 is 1.87 bits per heavy atom. The van der Waals surface area contributed by atoms with Crippen molar-refractivity contribution >= 4 is 23.3 Å². The molecule has 0 saturated carbocycles. The summed E-state index contributed by atoms with van der Waals surface area (Å²) in [5.74, 6) is -0.529. The van der Waals surface area contributed by atoms with Gasteiger partial charge in [0.1, 0.15) is 17.3 Å². The van der Waals surface area contributed by atoms with Crippen molar-refractivity contribution in [1.29, 1.82) is 0 Å². The van der Waals surface area contributed by atoms with Gasteiger partial charge in [-0.25, -0.2) is 0 Å². The molecule has 31 heavy (non-hydrogen) atoms. The predicted octanol–water partition coefficient (Wildman–Crippen LogP) is 5.58. The van der Waals surface area contributed by atoms with E-state index in [9.17, 15) is 19.2 Å². The summed E-state index contributed by atoms with van der Waals surface area (Å²) in [5.41, 5.74) is 0.199. The van der Waals surface area contributed by atoms with E-state index >= 15 is 0 Å². The first-order valence-corrected chi connectivity index (χ1v) is 11.2. The zero-order valence-corrected chi connectivity index (χ0v) is 19.5. The number of carboxylic acid groups (broad SMARTS) is 1. The highest BCUT2D eigenvalue weighted by Gasteiger charge is 2.27. The molecule has 1 rings (SSSR count). The molecule has 0 aromatic heterocycles. The average molecular weight is 431 g/mol. The standard InChI is InChI=1S/C26H38O5/c1-25(2,19-24(30)31)17-15-21(27)11-8-12-22(28)16-18-26(3,4)23(29)14-13-20-9-6-5-7-10-20/h5-7,9-10H,8,11-19H2,1-4H3,(H,30,31). The molecule has 0 fully saturated rings. The van der Waals surface area contributed by atoms with E-state index in [1.165, 1.54) is 0 Å². The lowest BCUT2D eigenvalue weighted by atomic mass is 9.80. The molecule has 0 heterocycles. The lowest BCUT2D eigenvalue weighted by Crippen LogP contribution is -2.25. The number of aliphatic carboxylic acids is 1. The summed E-state index contributed by atoms with van der Waals surface area (Å²) in [5, 5.41) is 8.90. The highest BCUT2D eigenvalue weighted by molar-refractivity contribution is 5.86. The van der Waals surface area contributed by atoms with Crippen LogP contribution in [0.25, 0.3) is 0 Å². The molecular formula is C26H38O5. The van der Waals surface area contributed by atoms with E-state index in [0.29, 0.717) is 57.8 Å². The molecule has 172 valence electrons. The van der Waals surface area contributed by atoms with Crippen LogP contribution >= 0.6 is 0 Å². The quantitative estimate of drug-likeness (QED) is 0.369. The van der Waals surface area contributed by atoms with Crippen LogP contribution in [0.4, 0.5) is 0 Å². The Morgan fingerprint density at radius 2 is 1.32 bits per heavy atom. The van der Waals surface area contributed by atoms with Crippen molar-refractivity contribution in [2.45, 2.75) is 91.9 Å². The van der Waals surface area contributed by atoms with E-state index in [-0.39, 0.29) is 23.8 Å². The molecule has 1 aromatic carbocycles. The smallest absolute Gasteiger partial charge is 0.303 e. The molecule has 0 atom stereocenters. The summed E-state index contributed by atoms with van der Waals surface area (Å²) >= 11 is 0. The van der Waals surface area contributed by atoms with Gasteiger partial charge in [0.25, 0.3) is 0 Å². The van der Waals surface area contributed by atoms with E-state index < -0.39 is 16.8 Å². The maximum absolute atomic E-state index is 12.6. The van der Waals surface area contributed by atoms with Gasteiger partial charge in [-0.1, -0.05) is 58.0 Å². The molecule has 0 aliphatic carbocycles. The highest BCUT2D eigenvalue weighted by atomic mass is 16.4. The minimum Gasteiger partial charge on any atom is -0.481 e. The average Bonchev–Trinajstić information content (AvgIpc) is 2.69. The molecular weight excluding hydrogens is 392 g/mol. The molecule has 0 amide bonds. The van der Waals surface area contributed by atoms with Gasteiger partial charge in [-0.05, 0) is 36.7 Å². The van der Waals surface area contributed by atoms with Gasteiger partial charge in [0.2, 0.25) is 0 Å².